The van der Waals surface area contributed by atoms with E-state index >= 15 is 0 Å². The molecule has 0 spiro atoms. The first-order valence-electron chi connectivity index (χ1n) is 10.3. The van der Waals surface area contributed by atoms with Crippen molar-refractivity contribution in [1.29, 1.82) is 0 Å². The van der Waals surface area contributed by atoms with Crippen molar-refractivity contribution in [2.45, 2.75) is 72.9 Å². The average Bonchev–Trinajstić information content (AvgIpc) is 2.49. The summed E-state index contributed by atoms with van der Waals surface area (Å²) < 4.78 is 6.78. The third kappa shape index (κ3) is 8.52. The summed E-state index contributed by atoms with van der Waals surface area (Å²) in [6.45, 7) is 16.9. The molecule has 0 atom stereocenters. The number of hydrogen-bond donors (Lipinski definition) is 0. The monoisotopic (exact) mass is 456 g/mol. The predicted molar refractivity (Wildman–Crippen MR) is 114 cm³/mol. The Morgan fingerprint density at radius 1 is 1.07 bits per heavy atom. The van der Waals surface area contributed by atoms with Crippen molar-refractivity contribution >= 4 is 5.91 Å². The molecule has 1 amide bonds. The van der Waals surface area contributed by atoms with Gasteiger partial charge in [0.25, 0.3) is 5.91 Å². The molecule has 0 aliphatic heterocycles. The Bertz CT molecular complexity index is 605. The minimum absolute atomic E-state index is 0. The maximum absolute atomic E-state index is 12.7. The van der Waals surface area contributed by atoms with Gasteiger partial charge in [0, 0.05) is 18.5 Å². The topological polar surface area (TPSA) is 29.5 Å². The lowest BCUT2D eigenvalue weighted by atomic mass is 10.0. The zero-order valence-corrected chi connectivity index (χ0v) is 21.0. The summed E-state index contributed by atoms with van der Waals surface area (Å²) in [6, 6.07) is 6.90. The van der Waals surface area contributed by atoms with Crippen LogP contribution in [0.15, 0.2) is 18.2 Å². The van der Waals surface area contributed by atoms with E-state index in [1.807, 2.05) is 4.90 Å². The molecule has 1 aromatic carbocycles. The predicted octanol–water partition coefficient (Wildman–Crippen LogP) is 1.61. The van der Waals surface area contributed by atoms with Crippen molar-refractivity contribution in [1.82, 2.24) is 4.90 Å². The van der Waals surface area contributed by atoms with Crippen molar-refractivity contribution in [3.05, 3.63) is 29.3 Å². The maximum Gasteiger partial charge on any atom is 0.278 e. The molecule has 0 saturated carbocycles. The van der Waals surface area contributed by atoms with Crippen molar-refractivity contribution in [3.63, 3.8) is 0 Å². The van der Waals surface area contributed by atoms with Gasteiger partial charge in [0.15, 0.2) is 6.54 Å². The molecule has 28 heavy (non-hydrogen) atoms. The van der Waals surface area contributed by atoms with Crippen LogP contribution >= 0.6 is 0 Å². The number of carbonyl (C=O) groups excluding carboxylic acids is 1. The molecule has 0 aliphatic rings. The van der Waals surface area contributed by atoms with Gasteiger partial charge in [-0.3, -0.25) is 4.79 Å². The van der Waals surface area contributed by atoms with Crippen LogP contribution in [0.1, 0.15) is 65.0 Å². The van der Waals surface area contributed by atoms with Gasteiger partial charge in [-0.2, -0.15) is 0 Å². The molecule has 4 nitrogen and oxygen atoms in total. The molecule has 162 valence electrons. The van der Waals surface area contributed by atoms with Crippen LogP contribution in [0, 0.1) is 6.92 Å². The van der Waals surface area contributed by atoms with Gasteiger partial charge < -0.3 is 31.1 Å². The lowest BCUT2D eigenvalue weighted by Crippen LogP contribution is -3.00. The Hall–Kier alpha value is -1.07. The Morgan fingerprint density at radius 3 is 2.14 bits per heavy atom. The fourth-order valence-corrected chi connectivity index (χ4v) is 3.62. The Kier molecular flexibility index (Phi) is 11.4. The second-order valence-corrected chi connectivity index (χ2v) is 9.20. The van der Waals surface area contributed by atoms with E-state index in [0.29, 0.717) is 23.6 Å². The summed E-state index contributed by atoms with van der Waals surface area (Å²) in [4.78, 5) is 14.7. The highest BCUT2D eigenvalue weighted by Gasteiger charge is 2.27. The zero-order valence-electron chi connectivity index (χ0n) is 19.4. The summed E-state index contributed by atoms with van der Waals surface area (Å²) in [5.74, 6) is 1.67. The van der Waals surface area contributed by atoms with E-state index in [9.17, 15) is 4.79 Å². The second-order valence-electron chi connectivity index (χ2n) is 9.20. The highest BCUT2D eigenvalue weighted by Crippen LogP contribution is 2.27. The van der Waals surface area contributed by atoms with Crippen molar-refractivity contribution in [3.8, 4) is 5.75 Å². The van der Waals surface area contributed by atoms with E-state index in [-0.39, 0.29) is 35.0 Å². The van der Waals surface area contributed by atoms with Gasteiger partial charge in [0.1, 0.15) is 5.75 Å². The normalized spacial score (nSPS) is 11.7. The molecular weight excluding hydrogens is 416 g/mol. The molecular formula is C23H41BrN2O2. The van der Waals surface area contributed by atoms with Gasteiger partial charge in [-0.15, -0.1) is 0 Å². The highest BCUT2D eigenvalue weighted by atomic mass is 79.9. The smallest absolute Gasteiger partial charge is 0.278 e. The third-order valence-electron chi connectivity index (χ3n) is 4.92. The number of ether oxygens (including phenoxy) is 1. The Balaban J connectivity index is 0.00000729. The molecule has 0 saturated heterocycles. The Morgan fingerprint density at radius 2 is 1.64 bits per heavy atom. The SMILES string of the molecule is Cc1ccc(C(C)C)c(OCCC[N+](C)(C)CC(=O)N(C(C)C)C(C)C)c1.[Br-]. The summed E-state index contributed by atoms with van der Waals surface area (Å²) in [5.41, 5.74) is 2.48. The summed E-state index contributed by atoms with van der Waals surface area (Å²) in [5, 5.41) is 0. The van der Waals surface area contributed by atoms with E-state index < -0.39 is 0 Å². The molecule has 5 heteroatoms. The van der Waals surface area contributed by atoms with Gasteiger partial charge in [-0.1, -0.05) is 26.0 Å². The number of rotatable bonds is 10. The van der Waals surface area contributed by atoms with E-state index in [2.05, 4.69) is 80.8 Å². The lowest BCUT2D eigenvalue weighted by Gasteiger charge is -2.35. The largest absolute Gasteiger partial charge is 1.00 e. The fraction of sp³-hybridized carbons (Fsp3) is 0.696. The molecule has 0 aliphatic carbocycles. The minimum Gasteiger partial charge on any atom is -1.00 e. The number of aryl methyl sites for hydroxylation is 1. The van der Waals surface area contributed by atoms with E-state index in [1.165, 1.54) is 11.1 Å². The number of carbonyl (C=O) groups is 1. The van der Waals surface area contributed by atoms with Gasteiger partial charge >= 0.3 is 0 Å². The molecule has 0 radical (unpaired) electrons. The van der Waals surface area contributed by atoms with E-state index in [4.69, 9.17) is 4.74 Å². The second kappa shape index (κ2) is 11.8. The van der Waals surface area contributed by atoms with E-state index in [0.717, 1.165) is 18.7 Å². The van der Waals surface area contributed by atoms with Crippen LogP contribution in [-0.4, -0.2) is 61.2 Å². The van der Waals surface area contributed by atoms with Gasteiger partial charge in [-0.25, -0.2) is 0 Å². The summed E-state index contributed by atoms with van der Waals surface area (Å²) in [6.07, 6.45) is 0.926. The lowest BCUT2D eigenvalue weighted by molar-refractivity contribution is -0.883. The molecule has 1 rings (SSSR count). The fourth-order valence-electron chi connectivity index (χ4n) is 3.62. The number of quaternary nitrogens is 1. The summed E-state index contributed by atoms with van der Waals surface area (Å²) >= 11 is 0. The first kappa shape index (κ1) is 26.9. The van der Waals surface area contributed by atoms with Gasteiger partial charge in [-0.05, 0) is 57.7 Å². The molecule has 0 aromatic heterocycles. The van der Waals surface area contributed by atoms with Crippen LogP contribution in [0.3, 0.4) is 0 Å². The number of likely N-dealkylation sites (N-methyl/N-ethyl adjacent to an activating group) is 1. The van der Waals surface area contributed by atoms with Gasteiger partial charge in [0.05, 0.1) is 27.2 Å². The quantitative estimate of drug-likeness (QED) is 0.395. The molecule has 0 N–H and O–H groups in total. The number of nitrogens with zero attached hydrogens (tertiary/aromatic N) is 2. The van der Waals surface area contributed by atoms with Crippen molar-refractivity contribution in [2.24, 2.45) is 0 Å². The first-order chi connectivity index (χ1) is 12.4. The summed E-state index contributed by atoms with van der Waals surface area (Å²) in [7, 11) is 4.26. The average molecular weight is 457 g/mol. The first-order valence-corrected chi connectivity index (χ1v) is 10.3. The molecule has 0 bridgehead atoms. The standard InChI is InChI=1S/C23H41N2O2.BrH/c1-17(2)21-12-11-20(7)15-22(21)27-14-10-13-25(8,9)16-23(26)24(18(3)4)19(5)6;/h11-12,15,17-19H,10,13-14,16H2,1-9H3;1H/q+1;/p-1. The van der Waals surface area contributed by atoms with Crippen LogP contribution in [0.4, 0.5) is 0 Å². The van der Waals surface area contributed by atoms with Crippen LogP contribution < -0.4 is 21.7 Å². The van der Waals surface area contributed by atoms with Crippen LogP contribution in [0.5, 0.6) is 5.75 Å². The number of benzene rings is 1. The van der Waals surface area contributed by atoms with Crippen molar-refractivity contribution < 1.29 is 31.0 Å². The molecule has 0 unspecified atom stereocenters. The number of amides is 1. The Labute approximate surface area is 183 Å². The van der Waals surface area contributed by atoms with Crippen molar-refractivity contribution in [2.75, 3.05) is 33.8 Å². The van der Waals surface area contributed by atoms with Crippen LogP contribution in [0.2, 0.25) is 0 Å². The highest BCUT2D eigenvalue weighted by molar-refractivity contribution is 5.77. The van der Waals surface area contributed by atoms with Crippen LogP contribution in [-0.2, 0) is 4.79 Å². The molecule has 0 fully saturated rings. The van der Waals surface area contributed by atoms with E-state index in [1.54, 1.807) is 0 Å². The van der Waals surface area contributed by atoms with Gasteiger partial charge in [0.2, 0.25) is 0 Å². The number of halogens is 1. The molecule has 1 aromatic rings. The minimum atomic E-state index is 0. The number of hydrogen-bond acceptors (Lipinski definition) is 2. The third-order valence-corrected chi connectivity index (χ3v) is 4.92. The zero-order chi connectivity index (χ0) is 20.8. The van der Waals surface area contributed by atoms with Crippen LogP contribution in [0.25, 0.3) is 0 Å². The maximum atomic E-state index is 12.7. The molecule has 0 heterocycles.